The molecule has 0 spiro atoms. The Hall–Kier alpha value is -7.33. The van der Waals surface area contributed by atoms with Crippen molar-refractivity contribution in [1.29, 1.82) is 5.26 Å². The number of aliphatic imine (C=N–C) groups is 1. The number of likely N-dealkylation sites (tertiary alicyclic amines) is 1. The van der Waals surface area contributed by atoms with Crippen LogP contribution in [0.25, 0.3) is 26.6 Å². The quantitative estimate of drug-likeness (QED) is 0.0997. The van der Waals surface area contributed by atoms with Crippen molar-refractivity contribution in [2.24, 2.45) is 10.4 Å². The normalized spacial score (nSPS) is 17.3. The van der Waals surface area contributed by atoms with Crippen molar-refractivity contribution in [3.63, 3.8) is 0 Å². The number of aromatic nitrogens is 5. The first-order valence-corrected chi connectivity index (χ1v) is 25.5. The Kier molecular flexibility index (Phi) is 13.8. The fourth-order valence-corrected chi connectivity index (χ4v) is 11.5. The Bertz CT molecular complexity index is 3260. The summed E-state index contributed by atoms with van der Waals surface area (Å²) in [7, 11) is 0. The lowest BCUT2D eigenvalue weighted by Gasteiger charge is -2.35. The summed E-state index contributed by atoms with van der Waals surface area (Å²) in [6.45, 7) is 16.7. The van der Waals surface area contributed by atoms with Gasteiger partial charge in [-0.15, -0.1) is 43.1 Å². The predicted molar refractivity (Wildman–Crippen MR) is 275 cm³/mol. The average molecular weight is 1010 g/mol. The smallest absolute Gasteiger partial charge is 0.258 e. The minimum Gasteiger partial charge on any atom is -0.482 e. The van der Waals surface area contributed by atoms with E-state index in [9.17, 15) is 24.8 Å². The van der Waals surface area contributed by atoms with E-state index in [-0.39, 0.29) is 30.3 Å². The number of aliphatic hydroxyl groups is 1. The highest BCUT2D eigenvalue weighted by atomic mass is 32.1. The summed E-state index contributed by atoms with van der Waals surface area (Å²) >= 11 is 3.35. The number of thiophene rings is 2. The maximum Gasteiger partial charge on any atom is 0.258 e. The molecule has 1 saturated heterocycles. The van der Waals surface area contributed by atoms with E-state index < -0.39 is 54.0 Å². The molecule has 9 rings (SSSR count). The number of nitriles is 1. The number of aliphatic hydroxyl groups excluding tert-OH is 1. The van der Waals surface area contributed by atoms with Gasteiger partial charge in [-0.1, -0.05) is 75.4 Å². The molecule has 0 aliphatic carbocycles. The van der Waals surface area contributed by atoms with Crippen molar-refractivity contribution in [2.45, 2.75) is 105 Å². The number of β-amino-alcohol motifs (C(OH)–C–C–N with tert-alkyl or cyclic N) is 1. The standard InChI is InChI=1S/C54H56N10O6S2/c1-28-20-21-71-48(28)37-16-10-34(11-17-37)30(3)56-51(67)42-23-40(65)26-63(42)52(68)49(54(7,8)9)58-44(66)27-69-43-19-18-38(22-39(43)25-55)35-12-14-36(15-13-35)47-46-29(2)31(4)72-53(46)64-32(5)59-62-50(64)41(57-47)24-45-61-60-33(6)70-45/h10-22,30,40-42,49,65H,23-24,26-27H2,1-9H3,(H,56,67)(H,58,66)/t30-,40+,41-,42-,49+/m0/s1. The van der Waals surface area contributed by atoms with E-state index in [2.05, 4.69) is 73.9 Å². The number of nitrogens with one attached hydrogen (secondary N) is 2. The number of carbonyl (C=O) groups excluding carboxylic acids is 3. The van der Waals surface area contributed by atoms with Crippen molar-refractivity contribution in [3.8, 4) is 38.4 Å². The molecule has 18 heteroatoms. The second-order valence-electron chi connectivity index (χ2n) is 19.6. The van der Waals surface area contributed by atoms with Gasteiger partial charge in [0.1, 0.15) is 40.8 Å². The van der Waals surface area contributed by atoms with E-state index in [0.717, 1.165) is 60.4 Å². The molecule has 0 radical (unpaired) electrons. The molecule has 72 heavy (non-hydrogen) atoms. The minimum atomic E-state index is -1.06. The average Bonchev–Trinajstić information content (AvgIpc) is 4.20. The Morgan fingerprint density at radius 2 is 1.62 bits per heavy atom. The van der Waals surface area contributed by atoms with Crippen molar-refractivity contribution >= 4 is 46.1 Å². The van der Waals surface area contributed by atoms with Gasteiger partial charge in [0.2, 0.25) is 23.6 Å². The lowest BCUT2D eigenvalue weighted by atomic mass is 9.85. The van der Waals surface area contributed by atoms with Gasteiger partial charge in [-0.05, 0) is 97.0 Å². The molecule has 7 aromatic rings. The molecule has 0 saturated carbocycles. The second kappa shape index (κ2) is 20.1. The van der Waals surface area contributed by atoms with Crippen LogP contribution >= 0.6 is 22.7 Å². The first-order chi connectivity index (χ1) is 34.4. The van der Waals surface area contributed by atoms with Gasteiger partial charge in [0.05, 0.1) is 29.8 Å². The lowest BCUT2D eigenvalue weighted by Crippen LogP contribution is -2.58. The molecule has 6 heterocycles. The minimum absolute atomic E-state index is 0.0591. The van der Waals surface area contributed by atoms with Crippen LogP contribution in [0.3, 0.4) is 0 Å². The van der Waals surface area contributed by atoms with Gasteiger partial charge in [-0.3, -0.25) is 23.9 Å². The zero-order valence-electron chi connectivity index (χ0n) is 41.6. The molecule has 2 aliphatic rings. The molecule has 3 amide bonds. The number of carbonyl (C=O) groups is 3. The van der Waals surface area contributed by atoms with Crippen LogP contribution in [0, 0.1) is 51.4 Å². The van der Waals surface area contributed by atoms with E-state index in [1.54, 1.807) is 41.7 Å². The maximum atomic E-state index is 14.3. The molecule has 0 unspecified atom stereocenters. The van der Waals surface area contributed by atoms with Gasteiger partial charge in [0, 0.05) is 40.8 Å². The molecule has 2 aliphatic heterocycles. The Balaban J connectivity index is 0.870. The van der Waals surface area contributed by atoms with Crippen LogP contribution in [-0.4, -0.2) is 89.7 Å². The highest BCUT2D eigenvalue weighted by Crippen LogP contribution is 2.40. The topological polar surface area (TPSA) is 214 Å². The molecular weight excluding hydrogens is 949 g/mol. The van der Waals surface area contributed by atoms with Crippen molar-refractivity contribution in [2.75, 3.05) is 13.2 Å². The zero-order valence-corrected chi connectivity index (χ0v) is 43.2. The number of ether oxygens (including phenoxy) is 1. The number of aryl methyl sites for hydroxylation is 4. The number of benzene rings is 3. The van der Waals surface area contributed by atoms with Crippen LogP contribution in [0.15, 0.2) is 87.6 Å². The molecule has 0 bridgehead atoms. The van der Waals surface area contributed by atoms with E-state index in [0.29, 0.717) is 24.0 Å². The number of fused-ring (bicyclic) bond motifs is 3. The number of nitrogens with zero attached hydrogens (tertiary/aromatic N) is 8. The number of rotatable bonds is 13. The summed E-state index contributed by atoms with van der Waals surface area (Å²) in [6.07, 6.45) is -0.517. The second-order valence-corrected chi connectivity index (χ2v) is 21.7. The van der Waals surface area contributed by atoms with Crippen LogP contribution in [0.4, 0.5) is 0 Å². The van der Waals surface area contributed by atoms with Gasteiger partial charge in [-0.25, -0.2) is 0 Å². The third kappa shape index (κ3) is 9.96. The Morgan fingerprint density at radius 1 is 0.917 bits per heavy atom. The van der Waals surface area contributed by atoms with Gasteiger partial charge in [-0.2, -0.15) is 5.26 Å². The number of hydrogen-bond acceptors (Lipinski definition) is 14. The number of amides is 3. The van der Waals surface area contributed by atoms with Crippen molar-refractivity contribution in [1.82, 2.24) is 40.5 Å². The summed E-state index contributed by atoms with van der Waals surface area (Å²) in [5.74, 6) is 1.09. The molecule has 4 aromatic heterocycles. The third-order valence-corrected chi connectivity index (χ3v) is 15.6. The van der Waals surface area contributed by atoms with Gasteiger partial charge < -0.3 is 29.8 Å². The predicted octanol–water partition coefficient (Wildman–Crippen LogP) is 8.40. The fraction of sp³-hybridized carbons (Fsp3) is 0.352. The van der Waals surface area contributed by atoms with Gasteiger partial charge in [0.25, 0.3) is 5.91 Å². The highest BCUT2D eigenvalue weighted by Gasteiger charge is 2.45. The zero-order chi connectivity index (χ0) is 51.2. The Morgan fingerprint density at radius 3 is 2.29 bits per heavy atom. The monoisotopic (exact) mass is 1000 g/mol. The summed E-state index contributed by atoms with van der Waals surface area (Å²) in [6, 6.07) is 22.6. The first-order valence-electron chi connectivity index (χ1n) is 23.8. The van der Waals surface area contributed by atoms with Crippen LogP contribution in [0.1, 0.15) is 108 Å². The van der Waals surface area contributed by atoms with Gasteiger partial charge in [0.15, 0.2) is 12.4 Å². The van der Waals surface area contributed by atoms with Crippen LogP contribution < -0.4 is 15.4 Å². The van der Waals surface area contributed by atoms with Crippen molar-refractivity contribution in [3.05, 3.63) is 140 Å². The van der Waals surface area contributed by atoms with E-state index in [1.807, 2.05) is 89.2 Å². The molecule has 370 valence electrons. The van der Waals surface area contributed by atoms with Gasteiger partial charge >= 0.3 is 0 Å². The van der Waals surface area contributed by atoms with E-state index in [1.165, 1.54) is 15.3 Å². The van der Waals surface area contributed by atoms with Crippen LogP contribution in [0.5, 0.6) is 5.75 Å². The van der Waals surface area contributed by atoms with Crippen LogP contribution in [0.2, 0.25) is 0 Å². The summed E-state index contributed by atoms with van der Waals surface area (Å²) in [5, 5.41) is 47.2. The fourth-order valence-electron chi connectivity index (χ4n) is 9.30. The first kappa shape index (κ1) is 49.6. The maximum absolute atomic E-state index is 14.3. The summed E-state index contributed by atoms with van der Waals surface area (Å²) < 4.78 is 13.8. The molecule has 5 atom stereocenters. The molecule has 1 fully saturated rings. The van der Waals surface area contributed by atoms with E-state index in [4.69, 9.17) is 14.1 Å². The van der Waals surface area contributed by atoms with E-state index >= 15 is 0 Å². The summed E-state index contributed by atoms with van der Waals surface area (Å²) in [4.78, 5) is 50.8. The molecular formula is C54H56N10O6S2. The lowest BCUT2D eigenvalue weighted by molar-refractivity contribution is -0.144. The van der Waals surface area contributed by atoms with Crippen LogP contribution in [-0.2, 0) is 20.8 Å². The van der Waals surface area contributed by atoms with Crippen molar-refractivity contribution < 1.29 is 28.6 Å². The Labute approximate surface area is 425 Å². The third-order valence-electron chi connectivity index (χ3n) is 13.3. The molecule has 3 N–H and O–H groups in total. The molecule has 3 aromatic carbocycles. The highest BCUT2D eigenvalue weighted by molar-refractivity contribution is 7.15. The number of hydrogen-bond donors (Lipinski definition) is 3. The largest absolute Gasteiger partial charge is 0.482 e. The molecule has 16 nitrogen and oxygen atoms in total. The SMILES string of the molecule is Cc1nnc(C[C@@H]2N=C(c3ccc(-c4ccc(OCC(=O)N[C@H](C(=O)N5C[C@H](O)C[C@H]5C(=O)N[C@@H](C)c5ccc(-c6sccc6C)cc5)C(C)(C)C)c(C#N)c4)cc3)c3c(sc(C)c3C)-n3c(C)nnc32)o1. The summed E-state index contributed by atoms with van der Waals surface area (Å²) in [5.41, 5.74) is 8.04.